The van der Waals surface area contributed by atoms with Gasteiger partial charge in [-0.1, -0.05) is 20.8 Å². The first-order chi connectivity index (χ1) is 6.12. The first-order valence-electron chi connectivity index (χ1n) is 5.10. The molecule has 0 saturated carbocycles. The molecule has 0 radical (unpaired) electrons. The van der Waals surface area contributed by atoms with Gasteiger partial charge in [0.15, 0.2) is 0 Å². The molecule has 3 heteroatoms. The van der Waals surface area contributed by atoms with Crippen LogP contribution in [-0.4, -0.2) is 29.2 Å². The second kappa shape index (κ2) is 3.14. The van der Waals surface area contributed by atoms with Crippen molar-refractivity contribution in [3.63, 3.8) is 0 Å². The summed E-state index contributed by atoms with van der Waals surface area (Å²) in [6.07, 6.45) is -0.174. The van der Waals surface area contributed by atoms with Crippen molar-refractivity contribution in [1.82, 2.24) is 4.90 Å². The van der Waals surface area contributed by atoms with E-state index in [1.54, 1.807) is 4.90 Å². The number of hydrogen-bond acceptors (Lipinski definition) is 2. The Kier molecular flexibility index (Phi) is 2.55. The predicted octanol–water partition coefficient (Wildman–Crippen LogP) is 2.65. The Morgan fingerprint density at radius 2 is 1.71 bits per heavy atom. The van der Waals surface area contributed by atoms with Crippen LogP contribution < -0.4 is 0 Å². The zero-order chi connectivity index (χ0) is 11.1. The largest absolute Gasteiger partial charge is 0.444 e. The summed E-state index contributed by atoms with van der Waals surface area (Å²) in [6.45, 7) is 13.1. The molecule has 0 bridgehead atoms. The molecule has 1 aliphatic rings. The molecule has 1 unspecified atom stereocenters. The topological polar surface area (TPSA) is 29.5 Å². The molecule has 0 N–H and O–H groups in total. The van der Waals surface area contributed by atoms with Crippen LogP contribution in [0.5, 0.6) is 0 Å². The maximum Gasteiger partial charge on any atom is 0.410 e. The van der Waals surface area contributed by atoms with Crippen molar-refractivity contribution in [2.45, 2.75) is 53.2 Å². The van der Waals surface area contributed by atoms with Gasteiger partial charge in [-0.3, -0.25) is 4.90 Å². The van der Waals surface area contributed by atoms with Crippen molar-refractivity contribution >= 4 is 6.09 Å². The summed E-state index contributed by atoms with van der Waals surface area (Å²) in [5.74, 6) is 0. The molecule has 1 amide bonds. The lowest BCUT2D eigenvalue weighted by atomic mass is 9.89. The van der Waals surface area contributed by atoms with Crippen LogP contribution in [0.15, 0.2) is 0 Å². The van der Waals surface area contributed by atoms with Crippen molar-refractivity contribution in [3.05, 3.63) is 0 Å². The van der Waals surface area contributed by atoms with Crippen LogP contribution in [0, 0.1) is 5.41 Å². The number of amides is 1. The van der Waals surface area contributed by atoms with Crippen molar-refractivity contribution in [2.75, 3.05) is 6.54 Å². The van der Waals surface area contributed by atoms with Crippen molar-refractivity contribution < 1.29 is 9.53 Å². The molecule has 0 aromatic rings. The van der Waals surface area contributed by atoms with Gasteiger partial charge in [0.2, 0.25) is 0 Å². The maximum absolute atomic E-state index is 11.6. The second-order valence-corrected chi connectivity index (χ2v) is 6.02. The van der Waals surface area contributed by atoms with Crippen LogP contribution in [0.4, 0.5) is 4.79 Å². The number of hydrogen-bond donors (Lipinski definition) is 0. The Hall–Kier alpha value is -0.730. The molecule has 1 atom stereocenters. The Morgan fingerprint density at radius 3 is 1.93 bits per heavy atom. The van der Waals surface area contributed by atoms with E-state index in [4.69, 9.17) is 4.74 Å². The van der Waals surface area contributed by atoms with E-state index < -0.39 is 0 Å². The number of carbonyl (C=O) groups is 1. The van der Waals surface area contributed by atoms with Gasteiger partial charge in [0.1, 0.15) is 6.10 Å². The SMILES string of the molecule is CC(C)(C)C1CN(C(C)(C)C)C(=O)O1. The molecule has 82 valence electrons. The third-order valence-electron chi connectivity index (χ3n) is 2.59. The number of cyclic esters (lactones) is 1. The van der Waals surface area contributed by atoms with Crippen LogP contribution in [0.3, 0.4) is 0 Å². The highest BCUT2D eigenvalue weighted by Gasteiger charge is 2.42. The molecule has 0 aromatic heterocycles. The number of nitrogens with zero attached hydrogens (tertiary/aromatic N) is 1. The lowest BCUT2D eigenvalue weighted by Gasteiger charge is -2.30. The summed E-state index contributed by atoms with van der Waals surface area (Å²) in [5.41, 5.74) is -0.118. The average Bonchev–Trinajstić information content (AvgIpc) is 2.27. The summed E-state index contributed by atoms with van der Waals surface area (Å²) in [4.78, 5) is 13.4. The fourth-order valence-electron chi connectivity index (χ4n) is 1.46. The monoisotopic (exact) mass is 199 g/mol. The number of rotatable bonds is 0. The Labute approximate surface area is 86.4 Å². The highest BCUT2D eigenvalue weighted by atomic mass is 16.6. The van der Waals surface area contributed by atoms with E-state index in [1.807, 2.05) is 20.8 Å². The molecule has 1 heterocycles. The predicted molar refractivity (Wildman–Crippen MR) is 56.2 cm³/mol. The normalized spacial score (nSPS) is 24.0. The van der Waals surface area contributed by atoms with Gasteiger partial charge in [-0.15, -0.1) is 0 Å². The van der Waals surface area contributed by atoms with E-state index in [2.05, 4.69) is 20.8 Å². The van der Waals surface area contributed by atoms with Gasteiger partial charge < -0.3 is 4.74 Å². The van der Waals surface area contributed by atoms with E-state index in [9.17, 15) is 4.79 Å². The van der Waals surface area contributed by atoms with Gasteiger partial charge in [-0.05, 0) is 20.8 Å². The van der Waals surface area contributed by atoms with E-state index in [-0.39, 0.29) is 23.2 Å². The standard InChI is InChI=1S/C11H21NO2/c1-10(2,3)8-7-12(9(13)14-8)11(4,5)6/h8H,7H2,1-6H3. The number of ether oxygens (including phenoxy) is 1. The van der Waals surface area contributed by atoms with E-state index in [0.29, 0.717) is 6.54 Å². The smallest absolute Gasteiger partial charge is 0.410 e. The number of carbonyl (C=O) groups excluding carboxylic acids is 1. The minimum absolute atomic E-state index is 0.00854. The van der Waals surface area contributed by atoms with Crippen LogP contribution >= 0.6 is 0 Å². The van der Waals surface area contributed by atoms with Crippen molar-refractivity contribution in [1.29, 1.82) is 0 Å². The van der Waals surface area contributed by atoms with Crippen molar-refractivity contribution in [3.8, 4) is 0 Å². The molecule has 1 fully saturated rings. The summed E-state index contributed by atoms with van der Waals surface area (Å²) in [5, 5.41) is 0. The summed E-state index contributed by atoms with van der Waals surface area (Å²) >= 11 is 0. The minimum Gasteiger partial charge on any atom is -0.444 e. The Balaban J connectivity index is 2.75. The van der Waals surface area contributed by atoms with E-state index >= 15 is 0 Å². The average molecular weight is 199 g/mol. The highest BCUT2D eigenvalue weighted by molar-refractivity contribution is 5.71. The van der Waals surface area contributed by atoms with Gasteiger partial charge in [-0.25, -0.2) is 4.79 Å². The zero-order valence-electron chi connectivity index (χ0n) is 10.0. The minimum atomic E-state index is -0.183. The molecule has 0 spiro atoms. The first-order valence-corrected chi connectivity index (χ1v) is 5.10. The maximum atomic E-state index is 11.6. The van der Waals surface area contributed by atoms with Crippen LogP contribution in [0.2, 0.25) is 0 Å². The molecule has 3 nitrogen and oxygen atoms in total. The van der Waals surface area contributed by atoms with E-state index in [0.717, 1.165) is 0 Å². The summed E-state index contributed by atoms with van der Waals surface area (Å²) < 4.78 is 5.35. The highest BCUT2D eigenvalue weighted by Crippen LogP contribution is 2.31. The molecule has 1 saturated heterocycles. The van der Waals surface area contributed by atoms with Gasteiger partial charge >= 0.3 is 6.09 Å². The summed E-state index contributed by atoms with van der Waals surface area (Å²) in [7, 11) is 0. The van der Waals surface area contributed by atoms with Gasteiger partial charge in [0.25, 0.3) is 0 Å². The van der Waals surface area contributed by atoms with Crippen LogP contribution in [0.1, 0.15) is 41.5 Å². The fraction of sp³-hybridized carbons (Fsp3) is 0.909. The van der Waals surface area contributed by atoms with Crippen LogP contribution in [0.25, 0.3) is 0 Å². The lowest BCUT2D eigenvalue weighted by Crippen LogP contribution is -2.43. The molecule has 0 aromatic carbocycles. The van der Waals surface area contributed by atoms with E-state index in [1.165, 1.54) is 0 Å². The molecule has 1 aliphatic heterocycles. The van der Waals surface area contributed by atoms with Gasteiger partial charge in [-0.2, -0.15) is 0 Å². The van der Waals surface area contributed by atoms with Crippen LogP contribution in [-0.2, 0) is 4.74 Å². The third kappa shape index (κ3) is 2.20. The molecular weight excluding hydrogens is 178 g/mol. The molecule has 1 rings (SSSR count). The molecule has 0 aliphatic carbocycles. The van der Waals surface area contributed by atoms with Gasteiger partial charge in [0.05, 0.1) is 6.54 Å². The third-order valence-corrected chi connectivity index (χ3v) is 2.59. The van der Waals surface area contributed by atoms with Crippen molar-refractivity contribution in [2.24, 2.45) is 5.41 Å². The first kappa shape index (κ1) is 11.3. The molecule has 14 heavy (non-hydrogen) atoms. The molecular formula is C11H21NO2. The second-order valence-electron chi connectivity index (χ2n) is 6.02. The zero-order valence-corrected chi connectivity index (χ0v) is 10.0. The van der Waals surface area contributed by atoms with Gasteiger partial charge in [0, 0.05) is 11.0 Å². The quantitative estimate of drug-likeness (QED) is 0.600. The Bertz CT molecular complexity index is 235. The Morgan fingerprint density at radius 1 is 1.21 bits per heavy atom. The lowest BCUT2D eigenvalue weighted by molar-refractivity contribution is 0.0719. The summed E-state index contributed by atoms with van der Waals surface area (Å²) in [6, 6.07) is 0. The fourth-order valence-corrected chi connectivity index (χ4v) is 1.46.